The van der Waals surface area contributed by atoms with Gasteiger partial charge in [0.2, 0.25) is 11.8 Å². The number of aromatic nitrogens is 1. The minimum absolute atomic E-state index is 0.0458. The number of hydrogen-bond donors (Lipinski definition) is 1. The number of carbonyl (C=O) groups excluding carboxylic acids is 2. The number of rotatable bonds is 6. The maximum atomic E-state index is 11.8. The van der Waals surface area contributed by atoms with Crippen molar-refractivity contribution in [2.45, 2.75) is 39.2 Å². The van der Waals surface area contributed by atoms with Gasteiger partial charge >= 0.3 is 0 Å². The minimum Gasteiger partial charge on any atom is -0.376 e. The molecule has 0 aliphatic carbocycles. The van der Waals surface area contributed by atoms with Crippen molar-refractivity contribution in [1.82, 2.24) is 10.1 Å². The molecule has 21 heavy (non-hydrogen) atoms. The third-order valence-corrected chi connectivity index (χ3v) is 3.40. The third kappa shape index (κ3) is 4.86. The standard InChI is InChI=1S/C14H21N3O4/c1-10-8-13(16-21-10)15-14(19)5-6-17(11(2)18)9-12-4-3-7-20-12/h8,12H,3-7,9H2,1-2H3,(H,15,16,19). The van der Waals surface area contributed by atoms with E-state index in [0.717, 1.165) is 19.4 Å². The van der Waals surface area contributed by atoms with Gasteiger partial charge in [-0.3, -0.25) is 9.59 Å². The molecule has 7 nitrogen and oxygen atoms in total. The molecule has 116 valence electrons. The summed E-state index contributed by atoms with van der Waals surface area (Å²) in [5, 5.41) is 6.33. The molecular formula is C14H21N3O4. The molecule has 0 bridgehead atoms. The summed E-state index contributed by atoms with van der Waals surface area (Å²) in [6, 6.07) is 1.65. The van der Waals surface area contributed by atoms with Gasteiger partial charge < -0.3 is 19.5 Å². The summed E-state index contributed by atoms with van der Waals surface area (Å²) < 4.78 is 10.4. The minimum atomic E-state index is -0.193. The molecule has 0 aromatic carbocycles. The van der Waals surface area contributed by atoms with Crippen molar-refractivity contribution < 1.29 is 18.8 Å². The van der Waals surface area contributed by atoms with Gasteiger partial charge in [0, 0.05) is 39.1 Å². The summed E-state index contributed by atoms with van der Waals surface area (Å²) in [7, 11) is 0. The second kappa shape index (κ2) is 7.21. The molecule has 0 radical (unpaired) electrons. The average Bonchev–Trinajstić information content (AvgIpc) is 3.06. The molecule has 1 aromatic heterocycles. The molecule has 0 saturated carbocycles. The van der Waals surface area contributed by atoms with E-state index >= 15 is 0 Å². The van der Waals surface area contributed by atoms with Gasteiger partial charge in [-0.15, -0.1) is 0 Å². The first-order chi connectivity index (χ1) is 10.0. The Labute approximate surface area is 123 Å². The second-order valence-electron chi connectivity index (χ2n) is 5.22. The fraction of sp³-hybridized carbons (Fsp3) is 0.643. The maximum absolute atomic E-state index is 11.8. The van der Waals surface area contributed by atoms with Crippen molar-refractivity contribution in [2.75, 3.05) is 25.0 Å². The summed E-state index contributed by atoms with van der Waals surface area (Å²) in [6.45, 7) is 4.93. The molecule has 1 atom stereocenters. The van der Waals surface area contributed by atoms with Crippen molar-refractivity contribution in [3.05, 3.63) is 11.8 Å². The lowest BCUT2D eigenvalue weighted by molar-refractivity contribution is -0.130. The molecule has 1 unspecified atom stereocenters. The summed E-state index contributed by atoms with van der Waals surface area (Å²) in [6.07, 6.45) is 2.31. The van der Waals surface area contributed by atoms with E-state index in [1.807, 2.05) is 0 Å². The van der Waals surface area contributed by atoms with Gasteiger partial charge in [0.25, 0.3) is 0 Å². The van der Waals surface area contributed by atoms with E-state index < -0.39 is 0 Å². The molecule has 1 N–H and O–H groups in total. The number of aryl methyl sites for hydroxylation is 1. The predicted octanol–water partition coefficient (Wildman–Crippen LogP) is 1.34. The Morgan fingerprint density at radius 3 is 2.90 bits per heavy atom. The molecule has 2 heterocycles. The van der Waals surface area contributed by atoms with Crippen LogP contribution in [0.15, 0.2) is 10.6 Å². The van der Waals surface area contributed by atoms with Crippen molar-refractivity contribution >= 4 is 17.6 Å². The van der Waals surface area contributed by atoms with Crippen LogP contribution in [-0.4, -0.2) is 47.7 Å². The SMILES string of the molecule is CC(=O)N(CCC(=O)Nc1cc(C)on1)CC1CCCO1. The highest BCUT2D eigenvalue weighted by Crippen LogP contribution is 2.14. The zero-order valence-corrected chi connectivity index (χ0v) is 12.4. The second-order valence-corrected chi connectivity index (χ2v) is 5.22. The first-order valence-electron chi connectivity index (χ1n) is 7.15. The molecule has 7 heteroatoms. The Bertz CT molecular complexity index is 494. The predicted molar refractivity (Wildman–Crippen MR) is 75.7 cm³/mol. The van der Waals surface area contributed by atoms with Crippen LogP contribution in [0, 0.1) is 6.92 Å². The van der Waals surface area contributed by atoms with E-state index in [0.29, 0.717) is 24.7 Å². The lowest BCUT2D eigenvalue weighted by Crippen LogP contribution is -2.37. The molecule has 1 fully saturated rings. The van der Waals surface area contributed by atoms with Gasteiger partial charge in [-0.05, 0) is 19.8 Å². The number of nitrogens with zero attached hydrogens (tertiary/aromatic N) is 2. The van der Waals surface area contributed by atoms with Gasteiger partial charge in [-0.25, -0.2) is 0 Å². The van der Waals surface area contributed by atoms with Crippen LogP contribution in [0.4, 0.5) is 5.82 Å². The molecule has 1 aliphatic rings. The highest BCUT2D eigenvalue weighted by atomic mass is 16.5. The van der Waals surface area contributed by atoms with E-state index in [2.05, 4.69) is 10.5 Å². The fourth-order valence-corrected chi connectivity index (χ4v) is 2.28. The van der Waals surface area contributed by atoms with Gasteiger partial charge in [0.15, 0.2) is 5.82 Å². The van der Waals surface area contributed by atoms with Crippen molar-refractivity contribution in [1.29, 1.82) is 0 Å². The topological polar surface area (TPSA) is 84.7 Å². The van der Waals surface area contributed by atoms with E-state index in [-0.39, 0.29) is 24.3 Å². The Kier molecular flexibility index (Phi) is 5.32. The monoisotopic (exact) mass is 295 g/mol. The average molecular weight is 295 g/mol. The van der Waals surface area contributed by atoms with Crippen LogP contribution in [0.2, 0.25) is 0 Å². The number of nitrogens with one attached hydrogen (secondary N) is 1. The number of amides is 2. The fourth-order valence-electron chi connectivity index (χ4n) is 2.28. The smallest absolute Gasteiger partial charge is 0.227 e. The first-order valence-corrected chi connectivity index (χ1v) is 7.15. The largest absolute Gasteiger partial charge is 0.376 e. The van der Waals surface area contributed by atoms with Gasteiger partial charge in [-0.1, -0.05) is 5.16 Å². The number of ether oxygens (including phenoxy) is 1. The van der Waals surface area contributed by atoms with Crippen LogP contribution in [0.25, 0.3) is 0 Å². The molecular weight excluding hydrogens is 274 g/mol. The van der Waals surface area contributed by atoms with Crippen LogP contribution in [0.3, 0.4) is 0 Å². The number of hydrogen-bond acceptors (Lipinski definition) is 5. The molecule has 1 aliphatic heterocycles. The van der Waals surface area contributed by atoms with Crippen LogP contribution in [0.5, 0.6) is 0 Å². The lowest BCUT2D eigenvalue weighted by atomic mass is 10.2. The van der Waals surface area contributed by atoms with Crippen LogP contribution < -0.4 is 5.32 Å². The van der Waals surface area contributed by atoms with Gasteiger partial charge in [0.1, 0.15) is 5.76 Å². The highest BCUT2D eigenvalue weighted by Gasteiger charge is 2.21. The van der Waals surface area contributed by atoms with Crippen molar-refractivity contribution in [3.8, 4) is 0 Å². The van der Waals surface area contributed by atoms with Crippen molar-refractivity contribution in [2.24, 2.45) is 0 Å². The summed E-state index contributed by atoms with van der Waals surface area (Å²) in [4.78, 5) is 25.1. The number of carbonyl (C=O) groups is 2. The molecule has 1 aromatic rings. The van der Waals surface area contributed by atoms with E-state index in [9.17, 15) is 9.59 Å². The number of anilines is 1. The Morgan fingerprint density at radius 1 is 1.52 bits per heavy atom. The van der Waals surface area contributed by atoms with E-state index in [1.165, 1.54) is 6.92 Å². The van der Waals surface area contributed by atoms with Crippen LogP contribution in [-0.2, 0) is 14.3 Å². The van der Waals surface area contributed by atoms with Crippen LogP contribution >= 0.6 is 0 Å². The zero-order valence-electron chi connectivity index (χ0n) is 12.4. The Morgan fingerprint density at radius 2 is 2.33 bits per heavy atom. The summed E-state index contributed by atoms with van der Waals surface area (Å²) >= 11 is 0. The van der Waals surface area contributed by atoms with Crippen LogP contribution in [0.1, 0.15) is 31.9 Å². The third-order valence-electron chi connectivity index (χ3n) is 3.40. The summed E-state index contributed by atoms with van der Waals surface area (Å²) in [5.41, 5.74) is 0. The quantitative estimate of drug-likeness (QED) is 0.856. The Balaban J connectivity index is 1.77. The molecule has 2 rings (SSSR count). The van der Waals surface area contributed by atoms with E-state index in [1.54, 1.807) is 17.9 Å². The molecule has 1 saturated heterocycles. The van der Waals surface area contributed by atoms with Crippen molar-refractivity contribution in [3.63, 3.8) is 0 Å². The maximum Gasteiger partial charge on any atom is 0.227 e. The molecule has 2 amide bonds. The zero-order chi connectivity index (χ0) is 15.2. The van der Waals surface area contributed by atoms with E-state index in [4.69, 9.17) is 9.26 Å². The first kappa shape index (κ1) is 15.5. The summed E-state index contributed by atoms with van der Waals surface area (Å²) in [5.74, 6) is 0.789. The van der Waals surface area contributed by atoms with Gasteiger partial charge in [0.05, 0.1) is 6.10 Å². The molecule has 0 spiro atoms. The lowest BCUT2D eigenvalue weighted by Gasteiger charge is -2.23. The highest BCUT2D eigenvalue weighted by molar-refractivity contribution is 5.90. The normalized spacial score (nSPS) is 17.7. The van der Waals surface area contributed by atoms with Gasteiger partial charge in [-0.2, -0.15) is 0 Å². The Hall–Kier alpha value is -1.89.